The molecule has 2 aliphatic rings. The Morgan fingerprint density at radius 3 is 2.09 bits per heavy atom. The van der Waals surface area contributed by atoms with Crippen molar-refractivity contribution < 1.29 is 23.8 Å². The molecule has 0 aromatic heterocycles. The van der Waals surface area contributed by atoms with E-state index in [0.717, 1.165) is 24.3 Å². The molecule has 0 bridgehead atoms. The lowest BCUT2D eigenvalue weighted by Gasteiger charge is -2.37. The molecule has 0 unspecified atom stereocenters. The Hall–Kier alpha value is -3.22. The summed E-state index contributed by atoms with van der Waals surface area (Å²) in [6, 6.07) is 17.1. The first-order valence-electron chi connectivity index (χ1n) is 12.3. The molecule has 2 aromatic carbocycles. The van der Waals surface area contributed by atoms with Crippen molar-refractivity contribution in [2.75, 3.05) is 39.4 Å². The minimum atomic E-state index is -0.0277. The molecule has 0 aliphatic carbocycles. The molecule has 7 heteroatoms. The van der Waals surface area contributed by atoms with Crippen molar-refractivity contribution in [3.63, 3.8) is 0 Å². The van der Waals surface area contributed by atoms with Crippen LogP contribution in [-0.4, -0.2) is 67.1 Å². The van der Waals surface area contributed by atoms with Gasteiger partial charge in [0, 0.05) is 44.9 Å². The van der Waals surface area contributed by atoms with Gasteiger partial charge in [0.05, 0.1) is 6.61 Å². The third-order valence-electron chi connectivity index (χ3n) is 6.50. The second-order valence-electron chi connectivity index (χ2n) is 8.78. The van der Waals surface area contributed by atoms with Crippen LogP contribution in [0.2, 0.25) is 0 Å². The molecule has 0 saturated carbocycles. The Balaban J connectivity index is 1.19. The molecule has 2 aliphatic heterocycles. The number of hydrogen-bond acceptors (Lipinski definition) is 5. The van der Waals surface area contributed by atoms with Crippen LogP contribution in [0.25, 0.3) is 0 Å². The number of piperidine rings is 2. The Morgan fingerprint density at radius 1 is 0.794 bits per heavy atom. The summed E-state index contributed by atoms with van der Waals surface area (Å²) in [7, 11) is 0. The van der Waals surface area contributed by atoms with Crippen molar-refractivity contribution in [1.29, 1.82) is 0 Å². The van der Waals surface area contributed by atoms with Crippen LogP contribution >= 0.6 is 0 Å². The van der Waals surface area contributed by atoms with E-state index in [2.05, 4.69) is 0 Å². The standard InChI is InChI=1S/C27H34N2O5/c1-2-32-24-10-6-7-11-25(24)34-23-14-18-29(19-15-23)27(31)21-12-16-28(17-13-21)26(30)20-33-22-8-4-3-5-9-22/h3-11,21,23H,2,12-20H2,1H3. The maximum atomic E-state index is 13.1. The zero-order valence-electron chi connectivity index (χ0n) is 19.9. The lowest BCUT2D eigenvalue weighted by Crippen LogP contribution is -2.48. The van der Waals surface area contributed by atoms with E-state index in [1.807, 2.05) is 71.3 Å². The van der Waals surface area contributed by atoms with E-state index < -0.39 is 0 Å². The van der Waals surface area contributed by atoms with Gasteiger partial charge >= 0.3 is 0 Å². The van der Waals surface area contributed by atoms with Crippen molar-refractivity contribution in [3.8, 4) is 17.2 Å². The van der Waals surface area contributed by atoms with Crippen LogP contribution in [0.4, 0.5) is 0 Å². The largest absolute Gasteiger partial charge is 0.490 e. The van der Waals surface area contributed by atoms with Gasteiger partial charge in [-0.25, -0.2) is 0 Å². The molecule has 2 fully saturated rings. The number of carbonyl (C=O) groups excluding carboxylic acids is 2. The predicted octanol–water partition coefficient (Wildman–Crippen LogP) is 3.77. The van der Waals surface area contributed by atoms with Gasteiger partial charge < -0.3 is 24.0 Å². The zero-order valence-corrected chi connectivity index (χ0v) is 19.9. The summed E-state index contributed by atoms with van der Waals surface area (Å²) >= 11 is 0. The highest BCUT2D eigenvalue weighted by Gasteiger charge is 2.32. The number of amides is 2. The van der Waals surface area contributed by atoms with Crippen LogP contribution in [0.1, 0.15) is 32.6 Å². The van der Waals surface area contributed by atoms with Crippen LogP contribution in [0, 0.1) is 5.92 Å². The molecule has 7 nitrogen and oxygen atoms in total. The fourth-order valence-corrected chi connectivity index (χ4v) is 4.58. The first-order chi connectivity index (χ1) is 16.6. The predicted molar refractivity (Wildman–Crippen MR) is 129 cm³/mol. The van der Waals surface area contributed by atoms with E-state index in [4.69, 9.17) is 14.2 Å². The highest BCUT2D eigenvalue weighted by atomic mass is 16.5. The average molecular weight is 467 g/mol. The summed E-state index contributed by atoms with van der Waals surface area (Å²) in [5, 5.41) is 0. The fourth-order valence-electron chi connectivity index (χ4n) is 4.58. The molecule has 0 atom stereocenters. The molecule has 4 rings (SSSR count). The third-order valence-corrected chi connectivity index (χ3v) is 6.50. The smallest absolute Gasteiger partial charge is 0.260 e. The molecule has 0 N–H and O–H groups in total. The Morgan fingerprint density at radius 2 is 1.41 bits per heavy atom. The molecule has 182 valence electrons. The highest BCUT2D eigenvalue weighted by molar-refractivity contribution is 5.80. The Kier molecular flexibility index (Phi) is 8.28. The second-order valence-corrected chi connectivity index (χ2v) is 8.78. The van der Waals surface area contributed by atoms with E-state index in [9.17, 15) is 9.59 Å². The number of likely N-dealkylation sites (tertiary alicyclic amines) is 2. The van der Waals surface area contributed by atoms with Crippen LogP contribution in [0.5, 0.6) is 17.2 Å². The summed E-state index contributed by atoms with van der Waals surface area (Å²) in [6.07, 6.45) is 3.10. The van der Waals surface area contributed by atoms with Gasteiger partial charge in [0.1, 0.15) is 11.9 Å². The lowest BCUT2D eigenvalue weighted by atomic mass is 9.94. The van der Waals surface area contributed by atoms with Gasteiger partial charge in [-0.3, -0.25) is 9.59 Å². The first-order valence-corrected chi connectivity index (χ1v) is 12.3. The van der Waals surface area contributed by atoms with Gasteiger partial charge in [-0.15, -0.1) is 0 Å². The molecular weight excluding hydrogens is 432 g/mol. The Bertz CT molecular complexity index is 935. The van der Waals surface area contributed by atoms with E-state index >= 15 is 0 Å². The fraction of sp³-hybridized carbons (Fsp3) is 0.481. The van der Waals surface area contributed by atoms with Crippen molar-refractivity contribution in [3.05, 3.63) is 54.6 Å². The maximum absolute atomic E-state index is 13.1. The minimum Gasteiger partial charge on any atom is -0.490 e. The summed E-state index contributed by atoms with van der Waals surface area (Å²) in [5.74, 6) is 2.38. The number of ether oxygens (including phenoxy) is 3. The topological polar surface area (TPSA) is 68.3 Å². The lowest BCUT2D eigenvalue weighted by molar-refractivity contribution is -0.142. The number of carbonyl (C=O) groups is 2. The average Bonchev–Trinajstić information content (AvgIpc) is 2.89. The minimum absolute atomic E-state index is 0.0183. The van der Waals surface area contributed by atoms with Crippen LogP contribution in [-0.2, 0) is 9.59 Å². The zero-order chi connectivity index (χ0) is 23.8. The van der Waals surface area contributed by atoms with Crippen LogP contribution < -0.4 is 14.2 Å². The van der Waals surface area contributed by atoms with Crippen molar-refractivity contribution >= 4 is 11.8 Å². The number of hydrogen-bond donors (Lipinski definition) is 0. The van der Waals surface area contributed by atoms with Gasteiger partial charge in [-0.05, 0) is 44.0 Å². The van der Waals surface area contributed by atoms with Gasteiger partial charge in [-0.2, -0.15) is 0 Å². The number of nitrogens with zero attached hydrogens (tertiary/aromatic N) is 2. The maximum Gasteiger partial charge on any atom is 0.260 e. The van der Waals surface area contributed by atoms with E-state index in [1.165, 1.54) is 0 Å². The summed E-state index contributed by atoms with van der Waals surface area (Å²) in [4.78, 5) is 29.3. The highest BCUT2D eigenvalue weighted by Crippen LogP contribution is 2.30. The molecular formula is C27H34N2O5. The molecule has 0 radical (unpaired) electrons. The molecule has 2 aromatic rings. The van der Waals surface area contributed by atoms with Gasteiger partial charge in [0.25, 0.3) is 5.91 Å². The van der Waals surface area contributed by atoms with Crippen molar-refractivity contribution in [2.45, 2.75) is 38.7 Å². The summed E-state index contributed by atoms with van der Waals surface area (Å²) in [5.41, 5.74) is 0. The SMILES string of the molecule is CCOc1ccccc1OC1CCN(C(=O)C2CCN(C(=O)COc3ccccc3)CC2)CC1. The van der Waals surface area contributed by atoms with Crippen molar-refractivity contribution in [2.24, 2.45) is 5.92 Å². The van der Waals surface area contributed by atoms with E-state index in [1.54, 1.807) is 0 Å². The molecule has 2 amide bonds. The van der Waals surface area contributed by atoms with E-state index in [-0.39, 0.29) is 30.4 Å². The number of para-hydroxylation sites is 3. The molecule has 2 saturated heterocycles. The van der Waals surface area contributed by atoms with Crippen LogP contribution in [0.15, 0.2) is 54.6 Å². The normalized spacial score (nSPS) is 17.3. The molecule has 2 heterocycles. The van der Waals surface area contributed by atoms with E-state index in [0.29, 0.717) is 51.4 Å². The van der Waals surface area contributed by atoms with Gasteiger partial charge in [-0.1, -0.05) is 30.3 Å². The first kappa shape index (κ1) is 23.9. The summed E-state index contributed by atoms with van der Waals surface area (Å²) < 4.78 is 17.4. The monoisotopic (exact) mass is 466 g/mol. The van der Waals surface area contributed by atoms with Gasteiger partial charge in [0.15, 0.2) is 18.1 Å². The van der Waals surface area contributed by atoms with Gasteiger partial charge in [0.2, 0.25) is 5.91 Å². The third kappa shape index (κ3) is 6.22. The van der Waals surface area contributed by atoms with Crippen molar-refractivity contribution in [1.82, 2.24) is 9.80 Å². The molecule has 0 spiro atoms. The second kappa shape index (κ2) is 11.8. The number of rotatable bonds is 8. The molecule has 34 heavy (non-hydrogen) atoms. The Labute approximate surface area is 201 Å². The number of benzene rings is 2. The summed E-state index contributed by atoms with van der Waals surface area (Å²) in [6.45, 7) is 5.18. The van der Waals surface area contributed by atoms with Crippen LogP contribution in [0.3, 0.4) is 0 Å². The quantitative estimate of drug-likeness (QED) is 0.592.